The minimum Gasteiger partial charge on any atom is -0.478 e. The summed E-state index contributed by atoms with van der Waals surface area (Å²) in [4.78, 5) is 32.5. The predicted octanol–water partition coefficient (Wildman–Crippen LogP) is 1.23. The normalized spacial score (nSPS) is 10.2. The number of anilines is 1. The van der Waals surface area contributed by atoms with Crippen LogP contribution in [0.2, 0.25) is 0 Å². The number of carbonyl (C=O) groups is 2. The number of aromatic carboxylic acids is 1. The number of benzene rings is 1. The Hall–Kier alpha value is -2.64. The van der Waals surface area contributed by atoms with Gasteiger partial charge in [-0.25, -0.2) is 4.79 Å². The van der Waals surface area contributed by atoms with Crippen LogP contribution in [0, 0.1) is 10.1 Å². The Kier molecular flexibility index (Phi) is 5.01. The Balaban J connectivity index is 2.90. The molecule has 108 valence electrons. The van der Waals surface area contributed by atoms with Crippen LogP contribution in [0.25, 0.3) is 0 Å². The average Bonchev–Trinajstić information content (AvgIpc) is 2.34. The summed E-state index contributed by atoms with van der Waals surface area (Å²) in [6.45, 7) is 3.40. The van der Waals surface area contributed by atoms with E-state index in [2.05, 4.69) is 10.6 Å². The van der Waals surface area contributed by atoms with Crippen LogP contribution in [-0.2, 0) is 4.79 Å². The van der Waals surface area contributed by atoms with Crippen molar-refractivity contribution in [3.05, 3.63) is 33.9 Å². The Morgan fingerprint density at radius 1 is 1.40 bits per heavy atom. The molecule has 0 atom stereocenters. The highest BCUT2D eigenvalue weighted by molar-refractivity contribution is 5.95. The van der Waals surface area contributed by atoms with Gasteiger partial charge in [-0.2, -0.15) is 0 Å². The Labute approximate surface area is 114 Å². The van der Waals surface area contributed by atoms with Crippen molar-refractivity contribution in [2.24, 2.45) is 0 Å². The van der Waals surface area contributed by atoms with Gasteiger partial charge in [-0.3, -0.25) is 14.9 Å². The summed E-state index contributed by atoms with van der Waals surface area (Å²) in [5.41, 5.74) is -0.347. The minimum atomic E-state index is -1.23. The van der Waals surface area contributed by atoms with Gasteiger partial charge in [0.05, 0.1) is 22.7 Å². The SMILES string of the molecule is CC(C)NC(=O)CNc1cc([N+](=O)[O-])ccc1C(=O)O. The van der Waals surface area contributed by atoms with Crippen LogP contribution in [0.5, 0.6) is 0 Å². The molecule has 0 aliphatic heterocycles. The summed E-state index contributed by atoms with van der Waals surface area (Å²) in [7, 11) is 0. The molecule has 0 aliphatic rings. The summed E-state index contributed by atoms with van der Waals surface area (Å²) >= 11 is 0. The van der Waals surface area contributed by atoms with Crippen molar-refractivity contribution in [1.29, 1.82) is 0 Å². The molecule has 0 fully saturated rings. The number of nitrogens with one attached hydrogen (secondary N) is 2. The third-order valence-electron chi connectivity index (χ3n) is 2.33. The fraction of sp³-hybridized carbons (Fsp3) is 0.333. The van der Waals surface area contributed by atoms with Crippen LogP contribution in [0.4, 0.5) is 11.4 Å². The molecule has 8 heteroatoms. The monoisotopic (exact) mass is 281 g/mol. The fourth-order valence-corrected chi connectivity index (χ4v) is 1.53. The average molecular weight is 281 g/mol. The van der Waals surface area contributed by atoms with Gasteiger partial charge < -0.3 is 15.7 Å². The smallest absolute Gasteiger partial charge is 0.337 e. The molecule has 0 radical (unpaired) electrons. The van der Waals surface area contributed by atoms with Crippen molar-refractivity contribution < 1.29 is 19.6 Å². The van der Waals surface area contributed by atoms with Gasteiger partial charge in [-0.1, -0.05) is 0 Å². The number of carboxylic acids is 1. The molecule has 1 aromatic carbocycles. The number of hydrogen-bond donors (Lipinski definition) is 3. The summed E-state index contributed by atoms with van der Waals surface area (Å²) in [5, 5.41) is 24.9. The maximum Gasteiger partial charge on any atom is 0.337 e. The van der Waals surface area contributed by atoms with E-state index in [1.807, 2.05) is 0 Å². The zero-order valence-corrected chi connectivity index (χ0v) is 11.0. The van der Waals surface area contributed by atoms with Crippen LogP contribution in [0.1, 0.15) is 24.2 Å². The highest BCUT2D eigenvalue weighted by Crippen LogP contribution is 2.22. The highest BCUT2D eigenvalue weighted by atomic mass is 16.6. The van der Waals surface area contributed by atoms with E-state index in [0.717, 1.165) is 18.2 Å². The summed E-state index contributed by atoms with van der Waals surface area (Å²) < 4.78 is 0. The second-order valence-corrected chi connectivity index (χ2v) is 4.37. The molecule has 0 saturated carbocycles. The molecule has 1 aromatic rings. The van der Waals surface area contributed by atoms with Crippen LogP contribution in [0.15, 0.2) is 18.2 Å². The molecule has 1 amide bonds. The number of nitro benzene ring substituents is 1. The van der Waals surface area contributed by atoms with E-state index in [1.165, 1.54) is 0 Å². The van der Waals surface area contributed by atoms with E-state index in [4.69, 9.17) is 5.11 Å². The van der Waals surface area contributed by atoms with E-state index < -0.39 is 10.9 Å². The molecule has 8 nitrogen and oxygen atoms in total. The fourth-order valence-electron chi connectivity index (χ4n) is 1.53. The van der Waals surface area contributed by atoms with Crippen LogP contribution in [-0.4, -0.2) is 34.5 Å². The van der Waals surface area contributed by atoms with Crippen LogP contribution < -0.4 is 10.6 Å². The molecule has 20 heavy (non-hydrogen) atoms. The number of nitrogens with zero attached hydrogens (tertiary/aromatic N) is 1. The zero-order chi connectivity index (χ0) is 15.3. The number of carboxylic acid groups (broad SMARTS) is 1. The van der Waals surface area contributed by atoms with E-state index in [1.54, 1.807) is 13.8 Å². The zero-order valence-electron chi connectivity index (χ0n) is 11.0. The second-order valence-electron chi connectivity index (χ2n) is 4.37. The van der Waals surface area contributed by atoms with Gasteiger partial charge in [0, 0.05) is 18.2 Å². The second kappa shape index (κ2) is 6.50. The maximum absolute atomic E-state index is 11.5. The largest absolute Gasteiger partial charge is 0.478 e. The molecule has 0 saturated heterocycles. The lowest BCUT2D eigenvalue weighted by Crippen LogP contribution is -2.35. The van der Waals surface area contributed by atoms with Crippen molar-refractivity contribution in [2.45, 2.75) is 19.9 Å². The van der Waals surface area contributed by atoms with E-state index in [-0.39, 0.29) is 35.4 Å². The Morgan fingerprint density at radius 2 is 2.05 bits per heavy atom. The van der Waals surface area contributed by atoms with Crippen molar-refractivity contribution in [2.75, 3.05) is 11.9 Å². The lowest BCUT2D eigenvalue weighted by atomic mass is 10.1. The van der Waals surface area contributed by atoms with Gasteiger partial charge in [0.2, 0.25) is 5.91 Å². The molecular weight excluding hydrogens is 266 g/mol. The van der Waals surface area contributed by atoms with Gasteiger partial charge in [-0.15, -0.1) is 0 Å². The van der Waals surface area contributed by atoms with Gasteiger partial charge in [0.25, 0.3) is 5.69 Å². The lowest BCUT2D eigenvalue weighted by molar-refractivity contribution is -0.384. The van der Waals surface area contributed by atoms with Gasteiger partial charge in [-0.05, 0) is 19.9 Å². The van der Waals surface area contributed by atoms with Gasteiger partial charge >= 0.3 is 5.97 Å². The topological polar surface area (TPSA) is 122 Å². The van der Waals surface area contributed by atoms with E-state index >= 15 is 0 Å². The molecule has 3 N–H and O–H groups in total. The first-order chi connectivity index (χ1) is 9.31. The van der Waals surface area contributed by atoms with E-state index in [9.17, 15) is 19.7 Å². The Bertz CT molecular complexity index is 542. The molecule has 0 aliphatic carbocycles. The molecule has 0 heterocycles. The van der Waals surface area contributed by atoms with E-state index in [0.29, 0.717) is 0 Å². The van der Waals surface area contributed by atoms with Crippen molar-refractivity contribution in [3.63, 3.8) is 0 Å². The minimum absolute atomic E-state index is 0.0330. The quantitative estimate of drug-likeness (QED) is 0.532. The molecular formula is C12H15N3O5. The van der Waals surface area contributed by atoms with Gasteiger partial charge in [0.1, 0.15) is 0 Å². The first-order valence-corrected chi connectivity index (χ1v) is 5.86. The highest BCUT2D eigenvalue weighted by Gasteiger charge is 2.16. The van der Waals surface area contributed by atoms with Crippen molar-refractivity contribution in [1.82, 2.24) is 5.32 Å². The summed E-state index contributed by atoms with van der Waals surface area (Å²) in [5.74, 6) is -1.56. The standard InChI is InChI=1S/C12H15N3O5/c1-7(2)14-11(16)6-13-10-5-8(15(19)20)3-4-9(10)12(17)18/h3-5,7,13H,6H2,1-2H3,(H,14,16)(H,17,18). The molecule has 0 bridgehead atoms. The Morgan fingerprint density at radius 3 is 2.55 bits per heavy atom. The number of carbonyl (C=O) groups excluding carboxylic acids is 1. The lowest BCUT2D eigenvalue weighted by Gasteiger charge is -2.11. The van der Waals surface area contributed by atoms with Crippen LogP contribution >= 0.6 is 0 Å². The van der Waals surface area contributed by atoms with Crippen molar-refractivity contribution in [3.8, 4) is 0 Å². The third-order valence-corrected chi connectivity index (χ3v) is 2.33. The number of non-ortho nitro benzene ring substituents is 1. The summed E-state index contributed by atoms with van der Waals surface area (Å²) in [6, 6.07) is 3.27. The molecule has 0 spiro atoms. The van der Waals surface area contributed by atoms with Gasteiger partial charge in [0.15, 0.2) is 0 Å². The first kappa shape index (κ1) is 15.4. The number of hydrogen-bond acceptors (Lipinski definition) is 5. The molecule has 0 unspecified atom stereocenters. The molecule has 1 rings (SSSR count). The predicted molar refractivity (Wildman–Crippen MR) is 71.8 cm³/mol. The number of rotatable bonds is 6. The summed E-state index contributed by atoms with van der Waals surface area (Å²) in [6.07, 6.45) is 0. The number of amides is 1. The first-order valence-electron chi connectivity index (χ1n) is 5.86. The molecule has 0 aromatic heterocycles. The third kappa shape index (κ3) is 4.23. The number of nitro groups is 1. The van der Waals surface area contributed by atoms with Crippen LogP contribution in [0.3, 0.4) is 0 Å². The maximum atomic E-state index is 11.5. The van der Waals surface area contributed by atoms with Crippen molar-refractivity contribution >= 4 is 23.3 Å².